The molecule has 3 unspecified atom stereocenters. The monoisotopic (exact) mass is 1290 g/mol. The van der Waals surface area contributed by atoms with E-state index in [0.717, 1.165) is 44.2 Å². The standard InChI is InChI=1S/C23H23BrN2O3.C17H22N2O3.C15H19NO3.C8H5Br2N/c1-2-29-22(28)23(13-19-9-8-18(14-25)12-20(19)24)16-26(11-10-21(23)27)15-17-6-4-3-5-7-17;1-5-22-16(21)17(11-19-4,13(3)20)9-15-7-6-14(10-18)8-12(15)2;1-2-19-15(18)13-11-16(9-8-14(13)17)10-12-6-4-3-5-7-12;9-4-7-2-1-6(5-11)3-8(7)10/h3-9,12H,2,10-11,13,15-16H2,1H3;6-8,19H,5,9,11H2,1-4H3;3-7,13H,2,8-11H2,1H3;1-3H,4H2. The van der Waals surface area contributed by atoms with Crippen molar-refractivity contribution in [2.45, 2.75) is 78.7 Å². The number of benzene rings is 5. The van der Waals surface area contributed by atoms with Crippen LogP contribution in [0.3, 0.4) is 0 Å². The summed E-state index contributed by atoms with van der Waals surface area (Å²) in [5.41, 5.74) is 5.30. The molecule has 0 aromatic heterocycles. The molecule has 3 atom stereocenters. The Morgan fingerprint density at radius 3 is 1.68 bits per heavy atom. The van der Waals surface area contributed by atoms with Gasteiger partial charge in [-0.3, -0.25) is 38.6 Å². The zero-order valence-electron chi connectivity index (χ0n) is 46.7. The first-order valence-electron chi connectivity index (χ1n) is 26.6. The highest BCUT2D eigenvalue weighted by Gasteiger charge is 2.50. The summed E-state index contributed by atoms with van der Waals surface area (Å²) in [6.45, 7) is 13.0. The highest BCUT2D eigenvalue weighted by molar-refractivity contribution is 9.11. The molecule has 0 spiro atoms. The molecule has 0 saturated carbocycles. The second-order valence-electron chi connectivity index (χ2n) is 19.4. The van der Waals surface area contributed by atoms with Crippen LogP contribution in [0.1, 0.15) is 90.6 Å². The Bertz CT molecular complexity index is 3090. The lowest BCUT2D eigenvalue weighted by Crippen LogP contribution is -2.55. The van der Waals surface area contributed by atoms with E-state index < -0.39 is 28.7 Å². The fourth-order valence-corrected chi connectivity index (χ4v) is 11.2. The van der Waals surface area contributed by atoms with Crippen molar-refractivity contribution in [1.82, 2.24) is 15.1 Å². The fourth-order valence-electron chi connectivity index (χ4n) is 9.30. The zero-order chi connectivity index (χ0) is 59.5. The van der Waals surface area contributed by atoms with Gasteiger partial charge in [-0.1, -0.05) is 127 Å². The summed E-state index contributed by atoms with van der Waals surface area (Å²) in [6.07, 6.45) is 1.22. The highest BCUT2D eigenvalue weighted by Crippen LogP contribution is 2.36. The molecule has 18 heteroatoms. The van der Waals surface area contributed by atoms with Crippen molar-refractivity contribution in [1.29, 1.82) is 15.8 Å². The van der Waals surface area contributed by atoms with Gasteiger partial charge in [-0.2, -0.15) is 15.8 Å². The first kappa shape index (κ1) is 66.8. The molecule has 0 radical (unpaired) electrons. The van der Waals surface area contributed by atoms with E-state index in [0.29, 0.717) is 73.3 Å². The molecular weight excluding hydrogens is 1220 g/mol. The quantitative estimate of drug-likeness (QED) is 0.0373. The van der Waals surface area contributed by atoms with Crippen molar-refractivity contribution >= 4 is 83.0 Å². The van der Waals surface area contributed by atoms with E-state index in [9.17, 15) is 28.8 Å². The third-order valence-corrected chi connectivity index (χ3v) is 15.8. The molecule has 15 nitrogen and oxygen atoms in total. The molecule has 2 aliphatic heterocycles. The van der Waals surface area contributed by atoms with Gasteiger partial charge in [0.05, 0.1) is 54.7 Å². The average molecular weight is 1290 g/mol. The minimum Gasteiger partial charge on any atom is -0.465 e. The first-order valence-corrected chi connectivity index (χ1v) is 29.3. The van der Waals surface area contributed by atoms with Gasteiger partial charge in [0.1, 0.15) is 28.3 Å². The Morgan fingerprint density at radius 2 is 1.20 bits per heavy atom. The number of nitriles is 3. The molecule has 5 aromatic carbocycles. The summed E-state index contributed by atoms with van der Waals surface area (Å²) in [5, 5.41) is 30.3. The number of likely N-dealkylation sites (tertiary alicyclic amines) is 2. The lowest BCUT2D eigenvalue weighted by Gasteiger charge is -2.40. The number of nitrogens with one attached hydrogen (secondary N) is 1. The predicted octanol–water partition coefficient (Wildman–Crippen LogP) is 10.5. The number of carbonyl (C=O) groups excluding carboxylic acids is 6. The molecule has 0 bridgehead atoms. The number of hydrogen-bond donors (Lipinski definition) is 1. The summed E-state index contributed by atoms with van der Waals surface area (Å²) < 4.78 is 17.1. The molecule has 7 rings (SSSR count). The second-order valence-corrected chi connectivity index (χ2v) is 21.6. The van der Waals surface area contributed by atoms with Gasteiger partial charge in [0.2, 0.25) is 0 Å². The van der Waals surface area contributed by atoms with E-state index in [-0.39, 0.29) is 55.9 Å². The van der Waals surface area contributed by atoms with E-state index in [4.69, 9.17) is 30.0 Å². The van der Waals surface area contributed by atoms with Gasteiger partial charge >= 0.3 is 17.9 Å². The first-order chi connectivity index (χ1) is 38.9. The number of ketones is 3. The summed E-state index contributed by atoms with van der Waals surface area (Å²) in [6, 6.07) is 42.3. The van der Waals surface area contributed by atoms with Gasteiger partial charge in [0.25, 0.3) is 0 Å². The number of alkyl halides is 1. The number of hydrogen-bond acceptors (Lipinski definition) is 15. The number of ether oxygens (including phenoxy) is 3. The number of rotatable bonds is 18. The fraction of sp³-hybridized carbons (Fsp3) is 0.381. The van der Waals surface area contributed by atoms with E-state index in [1.807, 2.05) is 67.6 Å². The molecule has 2 fully saturated rings. The lowest BCUT2D eigenvalue weighted by molar-refractivity contribution is -0.164. The zero-order valence-corrected chi connectivity index (χ0v) is 51.5. The van der Waals surface area contributed by atoms with Crippen LogP contribution in [0, 0.1) is 57.7 Å². The number of Topliss-reactive ketones (excluding diaryl/α,β-unsaturated/α-hetero) is 3. The molecule has 2 aliphatic rings. The number of piperidine rings is 2. The topological polar surface area (TPSA) is 220 Å². The molecule has 5 aromatic rings. The van der Waals surface area contributed by atoms with Crippen LogP contribution in [0.25, 0.3) is 0 Å². The van der Waals surface area contributed by atoms with Gasteiger partial charge in [0, 0.05) is 72.9 Å². The van der Waals surface area contributed by atoms with Gasteiger partial charge in [0.15, 0.2) is 5.78 Å². The molecule has 1 N–H and O–H groups in total. The third kappa shape index (κ3) is 19.5. The molecule has 0 amide bonds. The maximum Gasteiger partial charge on any atom is 0.321 e. The van der Waals surface area contributed by atoms with Crippen LogP contribution >= 0.6 is 47.8 Å². The summed E-state index contributed by atoms with van der Waals surface area (Å²) in [5.74, 6) is -2.30. The Hall–Kier alpha value is -6.69. The van der Waals surface area contributed by atoms with Crippen LogP contribution in [0.2, 0.25) is 0 Å². The number of aryl methyl sites for hydroxylation is 1. The Balaban J connectivity index is 0.000000243. The molecule has 81 heavy (non-hydrogen) atoms. The maximum atomic E-state index is 13.1. The van der Waals surface area contributed by atoms with Crippen LogP contribution in [0.15, 0.2) is 124 Å². The Morgan fingerprint density at radius 1 is 0.691 bits per heavy atom. The summed E-state index contributed by atoms with van der Waals surface area (Å²) in [4.78, 5) is 78.5. The lowest BCUT2D eigenvalue weighted by atomic mass is 9.73. The normalized spacial score (nSPS) is 16.5. The van der Waals surface area contributed by atoms with Crippen molar-refractivity contribution in [3.05, 3.63) is 174 Å². The van der Waals surface area contributed by atoms with E-state index >= 15 is 0 Å². The van der Waals surface area contributed by atoms with E-state index in [1.54, 1.807) is 70.3 Å². The van der Waals surface area contributed by atoms with Gasteiger partial charge in [-0.05, 0) is 124 Å². The largest absolute Gasteiger partial charge is 0.465 e. The van der Waals surface area contributed by atoms with Crippen LogP contribution in [-0.4, -0.2) is 105 Å². The van der Waals surface area contributed by atoms with Gasteiger partial charge in [-0.25, -0.2) is 0 Å². The molecular formula is C63H69Br3N6O9. The van der Waals surface area contributed by atoms with Crippen molar-refractivity contribution in [3.8, 4) is 18.2 Å². The van der Waals surface area contributed by atoms with E-state index in [1.165, 1.54) is 12.5 Å². The smallest absolute Gasteiger partial charge is 0.321 e. The maximum absolute atomic E-state index is 13.1. The van der Waals surface area contributed by atoms with Crippen LogP contribution in [0.5, 0.6) is 0 Å². The molecule has 0 aliphatic carbocycles. The number of carbonyl (C=O) groups is 6. The number of esters is 3. The van der Waals surface area contributed by atoms with Gasteiger partial charge in [-0.15, -0.1) is 0 Å². The average Bonchev–Trinajstić information content (AvgIpc) is 3.46. The van der Waals surface area contributed by atoms with Crippen molar-refractivity contribution in [3.63, 3.8) is 0 Å². The summed E-state index contributed by atoms with van der Waals surface area (Å²) in [7, 11) is 1.70. The summed E-state index contributed by atoms with van der Waals surface area (Å²) >= 11 is 10.2. The third-order valence-electron chi connectivity index (χ3n) is 13.7. The minimum absolute atomic E-state index is 0.00256. The van der Waals surface area contributed by atoms with E-state index in [2.05, 4.69) is 93.2 Å². The minimum atomic E-state index is -1.25. The van der Waals surface area contributed by atoms with Crippen molar-refractivity contribution < 1.29 is 43.0 Å². The van der Waals surface area contributed by atoms with Crippen LogP contribution < -0.4 is 5.32 Å². The van der Waals surface area contributed by atoms with Crippen molar-refractivity contribution in [2.75, 3.05) is 59.6 Å². The molecule has 426 valence electrons. The molecule has 2 heterocycles. The number of halogens is 3. The SMILES string of the molecule is CCOC(=O)C(CNC)(Cc1ccc(C#N)cc1C)C(C)=O.CCOC(=O)C1(Cc2ccc(C#N)cc2Br)CN(Cc2ccccc2)CCC1=O.CCOC(=O)C1CN(Cc2ccccc2)CCC1=O.N#Cc1ccc(CBr)c(Br)c1. The van der Waals surface area contributed by atoms with Crippen molar-refractivity contribution in [2.24, 2.45) is 16.7 Å². The van der Waals surface area contributed by atoms with Crippen LogP contribution in [0.4, 0.5) is 0 Å². The molecule has 2 saturated heterocycles. The predicted molar refractivity (Wildman–Crippen MR) is 319 cm³/mol. The Labute approximate surface area is 501 Å². The van der Waals surface area contributed by atoms with Gasteiger partial charge < -0.3 is 19.5 Å². The Kier molecular flexibility index (Phi) is 28.0. The number of nitrogens with zero attached hydrogens (tertiary/aromatic N) is 5. The van der Waals surface area contributed by atoms with Crippen LogP contribution in [-0.2, 0) is 74.2 Å². The highest BCUT2D eigenvalue weighted by atomic mass is 79.9. The second kappa shape index (κ2) is 33.9.